The zero-order chi connectivity index (χ0) is 22.1. The predicted octanol–water partition coefficient (Wildman–Crippen LogP) is 0.282. The highest BCUT2D eigenvalue weighted by atomic mass is 16.8. The first-order valence-corrected chi connectivity index (χ1v) is 10.7. The molecule has 9 nitrogen and oxygen atoms in total. The number of ketones is 1. The summed E-state index contributed by atoms with van der Waals surface area (Å²) < 4.78 is 21.9. The Labute approximate surface area is 178 Å². The van der Waals surface area contributed by atoms with Crippen molar-refractivity contribution in [2.45, 2.75) is 58.2 Å². The predicted molar refractivity (Wildman–Crippen MR) is 98.7 cm³/mol. The van der Waals surface area contributed by atoms with Crippen LogP contribution >= 0.6 is 0 Å². The molecule has 9 heteroatoms. The van der Waals surface area contributed by atoms with Crippen LogP contribution in [0.4, 0.5) is 0 Å². The van der Waals surface area contributed by atoms with E-state index in [1.807, 2.05) is 13.8 Å². The summed E-state index contributed by atoms with van der Waals surface area (Å²) in [5.74, 6) is -3.43. The van der Waals surface area contributed by atoms with Crippen molar-refractivity contribution >= 4 is 23.7 Å². The summed E-state index contributed by atoms with van der Waals surface area (Å²) in [5, 5.41) is 11.2. The van der Waals surface area contributed by atoms with E-state index < -0.39 is 70.6 Å². The van der Waals surface area contributed by atoms with Gasteiger partial charge in [-0.3, -0.25) is 14.4 Å². The number of cyclic esters (lactones) is 1. The Kier molecular flexibility index (Phi) is 3.48. The highest BCUT2D eigenvalue weighted by Crippen LogP contribution is 2.73. The largest absolute Gasteiger partial charge is 0.462 e. The second kappa shape index (κ2) is 5.56. The zero-order valence-electron chi connectivity index (χ0n) is 17.5. The van der Waals surface area contributed by atoms with E-state index in [4.69, 9.17) is 18.9 Å². The van der Waals surface area contributed by atoms with E-state index in [2.05, 4.69) is 0 Å². The van der Waals surface area contributed by atoms with Gasteiger partial charge in [0.05, 0.1) is 6.10 Å². The van der Waals surface area contributed by atoms with Gasteiger partial charge in [-0.05, 0) is 29.7 Å². The van der Waals surface area contributed by atoms with Crippen LogP contribution in [0.25, 0.3) is 0 Å². The fourth-order valence-electron chi connectivity index (χ4n) is 7.71. The molecule has 0 amide bonds. The maximum absolute atomic E-state index is 13.7. The molecule has 6 aliphatic rings. The molecule has 3 aliphatic carbocycles. The molecule has 1 N–H and O–H groups in total. The van der Waals surface area contributed by atoms with E-state index >= 15 is 0 Å². The number of epoxide rings is 1. The molecule has 0 aromatic heterocycles. The van der Waals surface area contributed by atoms with Gasteiger partial charge in [0, 0.05) is 30.3 Å². The zero-order valence-corrected chi connectivity index (χ0v) is 17.5. The van der Waals surface area contributed by atoms with Crippen LogP contribution in [-0.4, -0.2) is 60.0 Å². The average molecular weight is 432 g/mol. The van der Waals surface area contributed by atoms with Crippen molar-refractivity contribution in [3.8, 4) is 0 Å². The quantitative estimate of drug-likeness (QED) is 0.269. The molecule has 2 spiro atoms. The molecular weight excluding hydrogens is 408 g/mol. The fraction of sp³-hybridized carbons (Fsp3) is 0.727. The third-order valence-corrected chi connectivity index (χ3v) is 9.06. The topological polar surface area (TPSA) is 129 Å². The lowest BCUT2D eigenvalue weighted by Gasteiger charge is -2.65. The SMILES string of the molecule is CC(=O)O[C@@H]1C[C@@]23COC(=O)C2=C[C@H](O)[C@@H]2[C@@H]3[C@@](C)(CC(=O)[C@]23C(=O)O[C@H]2O[C@H]23)[C@@H]1C. The van der Waals surface area contributed by atoms with Crippen molar-refractivity contribution in [3.05, 3.63) is 11.6 Å². The van der Waals surface area contributed by atoms with Crippen molar-refractivity contribution in [1.29, 1.82) is 0 Å². The first-order valence-electron chi connectivity index (χ1n) is 10.7. The number of esters is 3. The minimum atomic E-state index is -1.59. The summed E-state index contributed by atoms with van der Waals surface area (Å²) in [5.41, 5.74) is -2.86. The molecule has 10 atom stereocenters. The number of aliphatic hydroxyl groups excluding tert-OH is 1. The van der Waals surface area contributed by atoms with E-state index in [9.17, 15) is 24.3 Å². The van der Waals surface area contributed by atoms with E-state index in [1.54, 1.807) is 0 Å². The number of fused-ring (bicyclic) bond motifs is 3. The van der Waals surface area contributed by atoms with Crippen LogP contribution in [0, 0.1) is 34.0 Å². The molecule has 0 aromatic carbocycles. The van der Waals surface area contributed by atoms with Crippen molar-refractivity contribution in [1.82, 2.24) is 0 Å². The molecule has 3 heterocycles. The first-order chi connectivity index (χ1) is 14.6. The maximum Gasteiger partial charge on any atom is 0.334 e. The van der Waals surface area contributed by atoms with Crippen LogP contribution in [-0.2, 0) is 38.1 Å². The fourth-order valence-corrected chi connectivity index (χ4v) is 7.71. The Balaban J connectivity index is 1.59. The van der Waals surface area contributed by atoms with Gasteiger partial charge < -0.3 is 24.1 Å². The van der Waals surface area contributed by atoms with Crippen molar-refractivity contribution in [3.63, 3.8) is 0 Å². The normalized spacial score (nSPS) is 53.7. The lowest BCUT2D eigenvalue weighted by atomic mass is 9.36. The highest BCUT2D eigenvalue weighted by molar-refractivity contribution is 6.08. The smallest absolute Gasteiger partial charge is 0.334 e. The number of hydrogen-bond donors (Lipinski definition) is 1. The van der Waals surface area contributed by atoms with Crippen LogP contribution in [0.3, 0.4) is 0 Å². The Morgan fingerprint density at radius 2 is 2.03 bits per heavy atom. The Morgan fingerprint density at radius 3 is 2.68 bits per heavy atom. The summed E-state index contributed by atoms with van der Waals surface area (Å²) in [6.07, 6.45) is -1.44. The first kappa shape index (κ1) is 19.4. The molecule has 0 aromatic rings. The lowest BCUT2D eigenvalue weighted by molar-refractivity contribution is -0.221. The number of Topliss-reactive ketones (excluding diaryl/α,β-unsaturated/α-hetero) is 1. The van der Waals surface area contributed by atoms with Crippen molar-refractivity contribution in [2.75, 3.05) is 6.61 Å². The molecule has 0 unspecified atom stereocenters. The third kappa shape index (κ3) is 2.01. The summed E-state index contributed by atoms with van der Waals surface area (Å²) in [4.78, 5) is 51.2. The van der Waals surface area contributed by atoms with E-state index in [0.29, 0.717) is 12.0 Å². The molecule has 3 saturated heterocycles. The molecule has 3 aliphatic heterocycles. The molecule has 5 fully saturated rings. The summed E-state index contributed by atoms with van der Waals surface area (Å²) in [6, 6.07) is 0. The Bertz CT molecular complexity index is 985. The Morgan fingerprint density at radius 1 is 1.29 bits per heavy atom. The molecule has 31 heavy (non-hydrogen) atoms. The Hall–Kier alpha value is -2.26. The van der Waals surface area contributed by atoms with E-state index in [0.717, 1.165) is 0 Å². The van der Waals surface area contributed by atoms with Crippen molar-refractivity contribution < 1.29 is 43.2 Å². The standard InChI is InChI=1S/C22H24O9/c1-8-12(29-9(2)23)5-21-7-28-17(26)10(21)4-11(24)14-15(21)20(8,3)6-13(25)22(14)16-18(30-16)31-19(22)27/h4,8,11-12,14-16,18,24H,5-7H2,1-3H3/t8-,11+,12-,14-,15-,16-,18-,20+,21-,22+/m1/s1. The molecular formula is C22H24O9. The lowest BCUT2D eigenvalue weighted by Crippen LogP contribution is -2.71. The maximum atomic E-state index is 13.7. The molecule has 0 radical (unpaired) electrons. The third-order valence-electron chi connectivity index (χ3n) is 9.06. The van der Waals surface area contributed by atoms with Gasteiger partial charge in [-0.1, -0.05) is 13.8 Å². The minimum Gasteiger partial charge on any atom is -0.462 e. The molecule has 0 bridgehead atoms. The average Bonchev–Trinajstić information content (AvgIpc) is 3.29. The number of rotatable bonds is 1. The van der Waals surface area contributed by atoms with Crippen LogP contribution in [0.1, 0.15) is 33.6 Å². The van der Waals surface area contributed by atoms with Gasteiger partial charge in [-0.2, -0.15) is 0 Å². The number of hydrogen-bond acceptors (Lipinski definition) is 9. The number of carbonyl (C=O) groups excluding carboxylic acids is 4. The van der Waals surface area contributed by atoms with Gasteiger partial charge >= 0.3 is 17.9 Å². The van der Waals surface area contributed by atoms with Gasteiger partial charge in [0.25, 0.3) is 0 Å². The number of aliphatic hydroxyl groups is 1. The van der Waals surface area contributed by atoms with Crippen LogP contribution in [0.2, 0.25) is 0 Å². The van der Waals surface area contributed by atoms with Gasteiger partial charge in [-0.25, -0.2) is 4.79 Å². The van der Waals surface area contributed by atoms with Gasteiger partial charge in [0.1, 0.15) is 18.8 Å². The molecule has 166 valence electrons. The van der Waals surface area contributed by atoms with Crippen LogP contribution in [0.15, 0.2) is 11.6 Å². The van der Waals surface area contributed by atoms with E-state index in [1.165, 1.54) is 13.0 Å². The minimum absolute atomic E-state index is 0.0325. The van der Waals surface area contributed by atoms with Gasteiger partial charge in [0.2, 0.25) is 6.29 Å². The number of carbonyl (C=O) groups is 4. The summed E-state index contributed by atoms with van der Waals surface area (Å²) >= 11 is 0. The van der Waals surface area contributed by atoms with Crippen LogP contribution < -0.4 is 0 Å². The molecule has 2 saturated carbocycles. The second-order valence-electron chi connectivity index (χ2n) is 10.3. The summed E-state index contributed by atoms with van der Waals surface area (Å²) in [6.45, 7) is 5.25. The van der Waals surface area contributed by atoms with E-state index in [-0.39, 0.29) is 24.7 Å². The monoisotopic (exact) mass is 432 g/mol. The summed E-state index contributed by atoms with van der Waals surface area (Å²) in [7, 11) is 0. The molecule has 6 rings (SSSR count). The highest BCUT2D eigenvalue weighted by Gasteiger charge is 2.83. The number of ether oxygens (including phenoxy) is 4. The van der Waals surface area contributed by atoms with Gasteiger partial charge in [0.15, 0.2) is 11.2 Å². The van der Waals surface area contributed by atoms with Gasteiger partial charge in [-0.15, -0.1) is 0 Å². The van der Waals surface area contributed by atoms with Crippen LogP contribution in [0.5, 0.6) is 0 Å². The van der Waals surface area contributed by atoms with Crippen molar-refractivity contribution in [2.24, 2.45) is 34.0 Å². The second-order valence-corrected chi connectivity index (χ2v) is 10.3.